The van der Waals surface area contributed by atoms with E-state index in [4.69, 9.17) is 4.74 Å². The van der Waals surface area contributed by atoms with E-state index in [0.29, 0.717) is 12.8 Å². The molecule has 1 heterocycles. The molecule has 1 aliphatic heterocycles. The molecule has 0 spiro atoms. The fourth-order valence-corrected chi connectivity index (χ4v) is 5.58. The Morgan fingerprint density at radius 1 is 1.17 bits per heavy atom. The largest absolute Gasteiger partial charge is 0.455 e. The van der Waals surface area contributed by atoms with E-state index >= 15 is 0 Å². The van der Waals surface area contributed by atoms with Crippen LogP contribution in [-0.2, 0) is 30.6 Å². The van der Waals surface area contributed by atoms with Gasteiger partial charge in [0.25, 0.3) is 5.91 Å². The fourth-order valence-electron chi connectivity index (χ4n) is 3.87. The molecule has 1 aliphatic rings. The van der Waals surface area contributed by atoms with Crippen LogP contribution in [0.15, 0.2) is 42.5 Å². The Bertz CT molecular complexity index is 996. The predicted molar refractivity (Wildman–Crippen MR) is 112 cm³/mol. The summed E-state index contributed by atoms with van der Waals surface area (Å²) in [5.74, 6) is -0.739. The number of rotatable bonds is 7. The Morgan fingerprint density at radius 3 is 2.59 bits per heavy atom. The van der Waals surface area contributed by atoms with Gasteiger partial charge >= 0.3 is 5.97 Å². The van der Waals surface area contributed by atoms with Crippen LogP contribution in [0.25, 0.3) is 10.8 Å². The molecule has 1 fully saturated rings. The highest BCUT2D eigenvalue weighted by molar-refractivity contribution is 7.91. The lowest BCUT2D eigenvalue weighted by Crippen LogP contribution is -2.48. The van der Waals surface area contributed by atoms with Crippen molar-refractivity contribution in [1.82, 2.24) is 4.90 Å². The van der Waals surface area contributed by atoms with Crippen LogP contribution in [0.4, 0.5) is 0 Å². The summed E-state index contributed by atoms with van der Waals surface area (Å²) in [6.07, 6.45) is 1.21. The van der Waals surface area contributed by atoms with E-state index in [1.165, 1.54) is 0 Å². The molecule has 7 heteroatoms. The molecule has 0 unspecified atom stereocenters. The van der Waals surface area contributed by atoms with Crippen molar-refractivity contribution in [1.29, 1.82) is 0 Å². The second kappa shape index (κ2) is 8.95. The summed E-state index contributed by atoms with van der Waals surface area (Å²) in [4.78, 5) is 26.7. The Kier molecular flexibility index (Phi) is 6.57. The van der Waals surface area contributed by atoms with Gasteiger partial charge in [-0.2, -0.15) is 0 Å². The van der Waals surface area contributed by atoms with E-state index in [1.807, 2.05) is 56.3 Å². The zero-order chi connectivity index (χ0) is 21.0. The van der Waals surface area contributed by atoms with Gasteiger partial charge in [0.1, 0.15) is 0 Å². The number of esters is 1. The third-order valence-corrected chi connectivity index (χ3v) is 7.28. The zero-order valence-electron chi connectivity index (χ0n) is 16.8. The molecule has 1 saturated heterocycles. The predicted octanol–water partition coefficient (Wildman–Crippen LogP) is 2.74. The molecule has 0 bridgehead atoms. The molecule has 0 saturated carbocycles. The lowest BCUT2D eigenvalue weighted by Gasteiger charge is -2.33. The number of benzene rings is 2. The van der Waals surface area contributed by atoms with Gasteiger partial charge in [0.05, 0.1) is 17.9 Å². The van der Waals surface area contributed by atoms with Crippen LogP contribution in [0.2, 0.25) is 0 Å². The van der Waals surface area contributed by atoms with Crippen LogP contribution in [0.5, 0.6) is 0 Å². The van der Waals surface area contributed by atoms with Crippen LogP contribution in [0, 0.1) is 0 Å². The van der Waals surface area contributed by atoms with Crippen molar-refractivity contribution in [3.05, 3.63) is 48.0 Å². The molecule has 0 aromatic heterocycles. The van der Waals surface area contributed by atoms with Crippen molar-refractivity contribution in [2.75, 3.05) is 18.1 Å². The minimum absolute atomic E-state index is 0.0208. The third kappa shape index (κ3) is 5.15. The Balaban J connectivity index is 1.64. The number of hydrogen-bond acceptors (Lipinski definition) is 5. The smallest absolute Gasteiger partial charge is 0.310 e. The second-order valence-electron chi connectivity index (χ2n) is 7.59. The van der Waals surface area contributed by atoms with E-state index in [-0.39, 0.29) is 42.5 Å². The summed E-state index contributed by atoms with van der Waals surface area (Å²) in [6, 6.07) is 13.1. The second-order valence-corrected chi connectivity index (χ2v) is 9.82. The number of hydrogen-bond donors (Lipinski definition) is 0. The van der Waals surface area contributed by atoms with Crippen LogP contribution >= 0.6 is 0 Å². The number of carbonyl (C=O) groups is 2. The van der Waals surface area contributed by atoms with Crippen molar-refractivity contribution < 1.29 is 22.7 Å². The van der Waals surface area contributed by atoms with E-state index in [2.05, 4.69) is 0 Å². The van der Waals surface area contributed by atoms with Gasteiger partial charge in [-0.15, -0.1) is 0 Å². The van der Waals surface area contributed by atoms with E-state index < -0.39 is 15.8 Å². The maximum absolute atomic E-state index is 12.8. The summed E-state index contributed by atoms with van der Waals surface area (Å²) >= 11 is 0. The average Bonchev–Trinajstić information content (AvgIpc) is 3.06. The highest BCUT2D eigenvalue weighted by atomic mass is 32.2. The number of nitrogens with zero attached hydrogens (tertiary/aromatic N) is 1. The highest BCUT2D eigenvalue weighted by Crippen LogP contribution is 2.22. The summed E-state index contributed by atoms with van der Waals surface area (Å²) in [5.41, 5.74) is 0.848. The van der Waals surface area contributed by atoms with Gasteiger partial charge in [-0.05, 0) is 36.1 Å². The number of sulfone groups is 1. The summed E-state index contributed by atoms with van der Waals surface area (Å²) in [6.45, 7) is 3.46. The first-order valence-corrected chi connectivity index (χ1v) is 11.8. The zero-order valence-corrected chi connectivity index (χ0v) is 17.7. The Morgan fingerprint density at radius 2 is 1.90 bits per heavy atom. The van der Waals surface area contributed by atoms with Gasteiger partial charge in [0.2, 0.25) is 0 Å². The van der Waals surface area contributed by atoms with Crippen molar-refractivity contribution in [2.24, 2.45) is 0 Å². The van der Waals surface area contributed by atoms with Gasteiger partial charge in [-0.1, -0.05) is 49.4 Å². The lowest BCUT2D eigenvalue weighted by atomic mass is 10.0. The number of carbonyl (C=O) groups excluding carboxylic acids is 2. The monoisotopic (exact) mass is 417 g/mol. The number of amides is 1. The average molecular weight is 418 g/mol. The molecule has 2 atom stereocenters. The number of fused-ring (bicyclic) bond motifs is 1. The van der Waals surface area contributed by atoms with Gasteiger partial charge in [-0.25, -0.2) is 8.42 Å². The first-order chi connectivity index (χ1) is 13.8. The quantitative estimate of drug-likeness (QED) is 0.647. The standard InChI is InChI=1S/C22H27NO5S/c1-3-16(2)23(19-11-12-29(26,27)15-19)21(24)14-28-22(25)13-18-9-6-8-17-7-4-5-10-20(17)18/h4-10,16,19H,3,11-15H2,1-2H3/t16-,19+/m1/s1. The fraction of sp³-hybridized carbons (Fsp3) is 0.455. The normalized spacial score (nSPS) is 19.0. The first-order valence-electron chi connectivity index (χ1n) is 9.94. The van der Waals surface area contributed by atoms with Crippen LogP contribution < -0.4 is 0 Å². The minimum Gasteiger partial charge on any atom is -0.455 e. The Labute approximate surface area is 171 Å². The van der Waals surface area contributed by atoms with Gasteiger partial charge in [0, 0.05) is 12.1 Å². The van der Waals surface area contributed by atoms with Crippen LogP contribution in [0.1, 0.15) is 32.3 Å². The van der Waals surface area contributed by atoms with Gasteiger partial charge < -0.3 is 9.64 Å². The molecular weight excluding hydrogens is 390 g/mol. The third-order valence-electron chi connectivity index (χ3n) is 5.53. The molecule has 6 nitrogen and oxygen atoms in total. The lowest BCUT2D eigenvalue weighted by molar-refractivity contribution is -0.153. The molecule has 156 valence electrons. The highest BCUT2D eigenvalue weighted by Gasteiger charge is 2.36. The topological polar surface area (TPSA) is 80.8 Å². The molecular formula is C22H27NO5S. The molecule has 2 aromatic rings. The van der Waals surface area contributed by atoms with Gasteiger partial charge in [0.15, 0.2) is 16.4 Å². The summed E-state index contributed by atoms with van der Waals surface area (Å²) in [5, 5.41) is 2.02. The molecule has 29 heavy (non-hydrogen) atoms. The summed E-state index contributed by atoms with van der Waals surface area (Å²) in [7, 11) is -3.11. The first kappa shape index (κ1) is 21.3. The van der Waals surface area contributed by atoms with E-state index in [9.17, 15) is 18.0 Å². The van der Waals surface area contributed by atoms with Crippen molar-refractivity contribution in [3.8, 4) is 0 Å². The maximum atomic E-state index is 12.8. The van der Waals surface area contributed by atoms with Crippen molar-refractivity contribution in [3.63, 3.8) is 0 Å². The molecule has 0 N–H and O–H groups in total. The van der Waals surface area contributed by atoms with Gasteiger partial charge in [-0.3, -0.25) is 9.59 Å². The summed E-state index contributed by atoms with van der Waals surface area (Å²) < 4.78 is 28.9. The molecule has 0 radical (unpaired) electrons. The van der Waals surface area contributed by atoms with E-state index in [0.717, 1.165) is 16.3 Å². The van der Waals surface area contributed by atoms with Crippen LogP contribution in [0.3, 0.4) is 0 Å². The SMILES string of the molecule is CC[C@@H](C)N(C(=O)COC(=O)Cc1cccc2ccccc12)[C@H]1CCS(=O)(=O)C1. The van der Waals surface area contributed by atoms with Crippen molar-refractivity contribution >= 4 is 32.5 Å². The van der Waals surface area contributed by atoms with Crippen molar-refractivity contribution in [2.45, 2.75) is 45.2 Å². The Hall–Kier alpha value is -2.41. The maximum Gasteiger partial charge on any atom is 0.310 e. The van der Waals surface area contributed by atoms with E-state index in [1.54, 1.807) is 4.90 Å². The van der Waals surface area contributed by atoms with Crippen LogP contribution in [-0.4, -0.2) is 55.4 Å². The number of ether oxygens (including phenoxy) is 1. The molecule has 1 amide bonds. The molecule has 3 rings (SSSR count). The molecule has 2 aromatic carbocycles. The minimum atomic E-state index is -3.11. The molecule has 0 aliphatic carbocycles.